The Kier molecular flexibility index (Phi) is 5.67. The summed E-state index contributed by atoms with van der Waals surface area (Å²) in [6.45, 7) is 5.83. The van der Waals surface area contributed by atoms with Crippen LogP contribution in [0, 0.1) is 19.7 Å². The Morgan fingerprint density at radius 2 is 2.15 bits per heavy atom. The minimum Gasteiger partial charge on any atom is -0.321 e. The number of amides is 1. The second-order valence-electron chi connectivity index (χ2n) is 6.24. The van der Waals surface area contributed by atoms with E-state index in [9.17, 15) is 9.18 Å². The molecule has 0 saturated carbocycles. The smallest absolute Gasteiger partial charge is 0.249 e. The van der Waals surface area contributed by atoms with E-state index in [1.54, 1.807) is 34.7 Å². The molecule has 3 rings (SSSR count). The average Bonchev–Trinajstić information content (AvgIpc) is 3.15. The van der Waals surface area contributed by atoms with Crippen molar-refractivity contribution in [3.63, 3.8) is 0 Å². The number of hydrogen-bond acceptors (Lipinski definition) is 3. The highest BCUT2D eigenvalue weighted by Crippen LogP contribution is 2.24. The van der Waals surface area contributed by atoms with E-state index in [2.05, 4.69) is 31.4 Å². The van der Waals surface area contributed by atoms with Gasteiger partial charge in [0.1, 0.15) is 11.9 Å². The maximum atomic E-state index is 13.2. The molecule has 27 heavy (non-hydrogen) atoms. The van der Waals surface area contributed by atoms with Gasteiger partial charge in [0.15, 0.2) is 0 Å². The monoisotopic (exact) mass is 453 g/mol. The van der Waals surface area contributed by atoms with Crippen LogP contribution >= 0.6 is 27.5 Å². The van der Waals surface area contributed by atoms with E-state index in [1.165, 1.54) is 12.1 Å². The van der Waals surface area contributed by atoms with Crippen molar-refractivity contribution in [2.24, 2.45) is 0 Å². The highest BCUT2D eigenvalue weighted by atomic mass is 79.9. The third-order valence-electron chi connectivity index (χ3n) is 4.31. The zero-order valence-corrected chi connectivity index (χ0v) is 17.3. The Hall–Kier alpha value is -2.19. The zero-order valence-electron chi connectivity index (χ0n) is 15.0. The highest BCUT2D eigenvalue weighted by molar-refractivity contribution is 9.10. The number of rotatable bonds is 5. The molecule has 142 valence electrons. The molecular weight excluding hydrogens is 437 g/mol. The SMILES string of the molecule is Cc1nn(Cc2ccc(F)cc2Cl)c(C)c1NC(=O)C(C)n1cc(Br)cn1. The van der Waals surface area contributed by atoms with Gasteiger partial charge in [-0.05, 0) is 54.4 Å². The van der Waals surface area contributed by atoms with E-state index in [1.807, 2.05) is 13.8 Å². The fraction of sp³-hybridized carbons (Fsp3) is 0.278. The third kappa shape index (κ3) is 4.22. The molecule has 0 radical (unpaired) electrons. The van der Waals surface area contributed by atoms with E-state index < -0.39 is 6.04 Å². The summed E-state index contributed by atoms with van der Waals surface area (Å²) in [4.78, 5) is 12.6. The number of aromatic nitrogens is 4. The van der Waals surface area contributed by atoms with Crippen LogP contribution in [0.4, 0.5) is 10.1 Å². The number of nitrogens with zero attached hydrogens (tertiary/aromatic N) is 4. The van der Waals surface area contributed by atoms with Crippen molar-refractivity contribution in [3.8, 4) is 0 Å². The molecule has 0 aliphatic carbocycles. The van der Waals surface area contributed by atoms with Gasteiger partial charge in [-0.3, -0.25) is 14.2 Å². The molecule has 6 nitrogen and oxygen atoms in total. The van der Waals surface area contributed by atoms with Gasteiger partial charge in [-0.2, -0.15) is 10.2 Å². The molecule has 1 aromatic carbocycles. The summed E-state index contributed by atoms with van der Waals surface area (Å²) in [6, 6.07) is 3.78. The fourth-order valence-electron chi connectivity index (χ4n) is 2.72. The minimum atomic E-state index is -0.481. The third-order valence-corrected chi connectivity index (χ3v) is 5.07. The first kappa shape index (κ1) is 19.6. The Balaban J connectivity index is 1.80. The summed E-state index contributed by atoms with van der Waals surface area (Å²) < 4.78 is 17.3. The first-order valence-corrected chi connectivity index (χ1v) is 9.42. The van der Waals surface area contributed by atoms with Gasteiger partial charge in [-0.1, -0.05) is 17.7 Å². The van der Waals surface area contributed by atoms with Gasteiger partial charge in [-0.25, -0.2) is 4.39 Å². The minimum absolute atomic E-state index is 0.198. The summed E-state index contributed by atoms with van der Waals surface area (Å²) in [5.41, 5.74) is 2.87. The second kappa shape index (κ2) is 7.82. The molecule has 0 saturated heterocycles. The van der Waals surface area contributed by atoms with Crippen LogP contribution in [0.15, 0.2) is 35.1 Å². The maximum absolute atomic E-state index is 13.2. The zero-order chi connectivity index (χ0) is 19.7. The molecule has 1 atom stereocenters. The van der Waals surface area contributed by atoms with Crippen molar-refractivity contribution in [1.82, 2.24) is 19.6 Å². The van der Waals surface area contributed by atoms with Crippen molar-refractivity contribution >= 4 is 39.1 Å². The van der Waals surface area contributed by atoms with Crippen LogP contribution in [-0.2, 0) is 11.3 Å². The Bertz CT molecular complexity index is 1000. The molecule has 1 unspecified atom stereocenters. The van der Waals surface area contributed by atoms with Crippen LogP contribution in [0.3, 0.4) is 0 Å². The average molecular weight is 455 g/mol. The maximum Gasteiger partial charge on any atom is 0.249 e. The quantitative estimate of drug-likeness (QED) is 0.617. The second-order valence-corrected chi connectivity index (χ2v) is 7.57. The first-order valence-electron chi connectivity index (χ1n) is 8.24. The molecule has 1 amide bonds. The summed E-state index contributed by atoms with van der Waals surface area (Å²) in [5, 5.41) is 11.9. The van der Waals surface area contributed by atoms with Crippen LogP contribution in [0.1, 0.15) is 29.9 Å². The van der Waals surface area contributed by atoms with Gasteiger partial charge in [0.25, 0.3) is 0 Å². The van der Waals surface area contributed by atoms with Gasteiger partial charge in [0.05, 0.1) is 34.3 Å². The molecule has 0 aliphatic rings. The number of halogens is 3. The summed E-state index contributed by atoms with van der Waals surface area (Å²) in [6.07, 6.45) is 3.37. The molecule has 0 fully saturated rings. The lowest BCUT2D eigenvalue weighted by molar-refractivity contribution is -0.119. The summed E-state index contributed by atoms with van der Waals surface area (Å²) in [5.74, 6) is -0.583. The lowest BCUT2D eigenvalue weighted by Crippen LogP contribution is -2.24. The lowest BCUT2D eigenvalue weighted by atomic mass is 10.2. The van der Waals surface area contributed by atoms with Crippen molar-refractivity contribution in [3.05, 3.63) is 62.9 Å². The Morgan fingerprint density at radius 3 is 2.78 bits per heavy atom. The van der Waals surface area contributed by atoms with Crippen LogP contribution < -0.4 is 5.32 Å². The van der Waals surface area contributed by atoms with Gasteiger partial charge in [0, 0.05) is 11.2 Å². The van der Waals surface area contributed by atoms with Crippen LogP contribution in [-0.4, -0.2) is 25.5 Å². The van der Waals surface area contributed by atoms with Gasteiger partial charge in [0.2, 0.25) is 5.91 Å². The molecule has 0 aliphatic heterocycles. The van der Waals surface area contributed by atoms with Crippen LogP contribution in [0.5, 0.6) is 0 Å². The van der Waals surface area contributed by atoms with Gasteiger partial charge < -0.3 is 5.32 Å². The van der Waals surface area contributed by atoms with Gasteiger partial charge in [-0.15, -0.1) is 0 Å². The number of carbonyl (C=O) groups is 1. The molecule has 0 spiro atoms. The van der Waals surface area contributed by atoms with E-state index in [4.69, 9.17) is 11.6 Å². The van der Waals surface area contributed by atoms with Crippen molar-refractivity contribution in [1.29, 1.82) is 0 Å². The molecular formula is C18H18BrClFN5O. The topological polar surface area (TPSA) is 64.7 Å². The molecule has 0 bridgehead atoms. The lowest BCUT2D eigenvalue weighted by Gasteiger charge is -2.13. The van der Waals surface area contributed by atoms with E-state index in [0.717, 1.165) is 15.7 Å². The standard InChI is InChI=1S/C18H18BrClFN5O/c1-10-17(23-18(27)12(3)25-9-14(19)7-22-25)11(2)26(24-10)8-13-4-5-15(21)6-16(13)20/h4-7,9,12H,8H2,1-3H3,(H,23,27). The largest absolute Gasteiger partial charge is 0.321 e. The number of hydrogen-bond donors (Lipinski definition) is 1. The molecule has 9 heteroatoms. The van der Waals surface area contributed by atoms with Crippen molar-refractivity contribution < 1.29 is 9.18 Å². The van der Waals surface area contributed by atoms with Crippen LogP contribution in [0.2, 0.25) is 5.02 Å². The molecule has 2 aromatic heterocycles. The number of carbonyl (C=O) groups excluding carboxylic acids is 1. The van der Waals surface area contributed by atoms with Crippen LogP contribution in [0.25, 0.3) is 0 Å². The number of nitrogens with one attached hydrogen (secondary N) is 1. The Morgan fingerprint density at radius 1 is 1.41 bits per heavy atom. The summed E-state index contributed by atoms with van der Waals surface area (Å²) >= 11 is 9.43. The predicted octanol–water partition coefficient (Wildman–Crippen LogP) is 4.50. The van der Waals surface area contributed by atoms with Crippen molar-refractivity contribution in [2.45, 2.75) is 33.4 Å². The van der Waals surface area contributed by atoms with Gasteiger partial charge >= 0.3 is 0 Å². The predicted molar refractivity (Wildman–Crippen MR) is 105 cm³/mol. The number of benzene rings is 1. The van der Waals surface area contributed by atoms with E-state index in [0.29, 0.717) is 22.9 Å². The number of anilines is 1. The van der Waals surface area contributed by atoms with E-state index in [-0.39, 0.29) is 11.7 Å². The Labute approximate surface area is 169 Å². The molecule has 3 aromatic rings. The molecule has 2 heterocycles. The van der Waals surface area contributed by atoms with E-state index >= 15 is 0 Å². The normalized spacial score (nSPS) is 12.2. The fourth-order valence-corrected chi connectivity index (χ4v) is 3.25. The first-order chi connectivity index (χ1) is 12.8. The van der Waals surface area contributed by atoms with Crippen molar-refractivity contribution in [2.75, 3.05) is 5.32 Å². The number of aryl methyl sites for hydroxylation is 1. The molecule has 1 N–H and O–H groups in total. The highest BCUT2D eigenvalue weighted by Gasteiger charge is 2.20. The summed E-state index contributed by atoms with van der Waals surface area (Å²) in [7, 11) is 0.